The molecular formula is C17H17ClN2O2. The number of hydrogen-bond donors (Lipinski definition) is 2. The Morgan fingerprint density at radius 2 is 1.82 bits per heavy atom. The van der Waals surface area contributed by atoms with Gasteiger partial charge in [-0.3, -0.25) is 9.59 Å². The van der Waals surface area contributed by atoms with Gasteiger partial charge in [-0.15, -0.1) is 0 Å². The average Bonchev–Trinajstić information content (AvgIpc) is 2.54. The minimum Gasteiger partial charge on any atom is -0.355 e. The van der Waals surface area contributed by atoms with Gasteiger partial charge in [-0.05, 0) is 42.3 Å². The van der Waals surface area contributed by atoms with Crippen molar-refractivity contribution in [3.05, 3.63) is 64.7 Å². The molecule has 2 N–H and O–H groups in total. The van der Waals surface area contributed by atoms with Crippen molar-refractivity contribution in [2.75, 3.05) is 12.4 Å². The molecule has 0 spiro atoms. The summed E-state index contributed by atoms with van der Waals surface area (Å²) < 4.78 is 0. The van der Waals surface area contributed by atoms with Crippen LogP contribution >= 0.6 is 11.6 Å². The highest BCUT2D eigenvalue weighted by Crippen LogP contribution is 2.13. The SMILES string of the molecule is CNC(=O)c1cccc(NC(=O)CCc2ccc(Cl)cc2)c1. The first kappa shape index (κ1) is 16.0. The molecule has 2 aromatic carbocycles. The number of nitrogens with one attached hydrogen (secondary N) is 2. The van der Waals surface area contributed by atoms with E-state index >= 15 is 0 Å². The molecule has 0 aliphatic rings. The van der Waals surface area contributed by atoms with Crippen LogP contribution in [0.25, 0.3) is 0 Å². The maximum absolute atomic E-state index is 12.0. The standard InChI is InChI=1S/C17H17ClN2O2/c1-19-17(22)13-3-2-4-15(11-13)20-16(21)10-7-12-5-8-14(18)9-6-12/h2-6,8-9,11H,7,10H2,1H3,(H,19,22)(H,20,21). The predicted octanol–water partition coefficient (Wildman–Crippen LogP) is 3.27. The van der Waals surface area contributed by atoms with Crippen molar-refractivity contribution >= 4 is 29.1 Å². The van der Waals surface area contributed by atoms with Gasteiger partial charge in [0.2, 0.25) is 5.91 Å². The van der Waals surface area contributed by atoms with E-state index in [9.17, 15) is 9.59 Å². The molecule has 0 radical (unpaired) electrons. The van der Waals surface area contributed by atoms with Gasteiger partial charge < -0.3 is 10.6 Å². The monoisotopic (exact) mass is 316 g/mol. The number of amides is 2. The molecule has 0 heterocycles. The van der Waals surface area contributed by atoms with Gasteiger partial charge in [0.25, 0.3) is 5.91 Å². The topological polar surface area (TPSA) is 58.2 Å². The Labute approximate surface area is 134 Å². The third-order valence-electron chi connectivity index (χ3n) is 3.19. The Morgan fingerprint density at radius 1 is 1.09 bits per heavy atom. The second-order valence-electron chi connectivity index (χ2n) is 4.83. The molecule has 0 unspecified atom stereocenters. The summed E-state index contributed by atoms with van der Waals surface area (Å²) in [6, 6.07) is 14.3. The molecule has 0 aromatic heterocycles. The van der Waals surface area contributed by atoms with Crippen LogP contribution in [0.1, 0.15) is 22.3 Å². The lowest BCUT2D eigenvalue weighted by molar-refractivity contribution is -0.116. The maximum Gasteiger partial charge on any atom is 0.251 e. The van der Waals surface area contributed by atoms with E-state index in [0.29, 0.717) is 29.1 Å². The minimum absolute atomic E-state index is 0.0935. The predicted molar refractivity (Wildman–Crippen MR) is 88.2 cm³/mol. The number of carbonyl (C=O) groups excluding carboxylic acids is 2. The summed E-state index contributed by atoms with van der Waals surface area (Å²) in [6.45, 7) is 0. The van der Waals surface area contributed by atoms with E-state index < -0.39 is 0 Å². The highest BCUT2D eigenvalue weighted by molar-refractivity contribution is 6.30. The zero-order valence-corrected chi connectivity index (χ0v) is 13.0. The molecule has 0 aliphatic carbocycles. The molecule has 2 rings (SSSR count). The number of anilines is 1. The first-order chi connectivity index (χ1) is 10.6. The Kier molecular flexibility index (Phi) is 5.55. The van der Waals surface area contributed by atoms with Crippen molar-refractivity contribution < 1.29 is 9.59 Å². The van der Waals surface area contributed by atoms with E-state index in [2.05, 4.69) is 10.6 Å². The molecule has 22 heavy (non-hydrogen) atoms. The largest absolute Gasteiger partial charge is 0.355 e. The van der Waals surface area contributed by atoms with Crippen molar-refractivity contribution in [1.29, 1.82) is 0 Å². The fraction of sp³-hybridized carbons (Fsp3) is 0.176. The fourth-order valence-electron chi connectivity index (χ4n) is 2.01. The summed E-state index contributed by atoms with van der Waals surface area (Å²) in [4.78, 5) is 23.5. The van der Waals surface area contributed by atoms with Gasteiger partial charge in [0.05, 0.1) is 0 Å². The van der Waals surface area contributed by atoms with Crippen molar-refractivity contribution in [2.45, 2.75) is 12.8 Å². The molecular weight excluding hydrogens is 300 g/mol. The van der Waals surface area contributed by atoms with Crippen LogP contribution in [0, 0.1) is 0 Å². The Balaban J connectivity index is 1.91. The number of benzene rings is 2. The van der Waals surface area contributed by atoms with Gasteiger partial charge in [0.1, 0.15) is 0 Å². The summed E-state index contributed by atoms with van der Waals surface area (Å²) in [5.74, 6) is -0.277. The lowest BCUT2D eigenvalue weighted by Crippen LogP contribution is -2.18. The van der Waals surface area contributed by atoms with Gasteiger partial charge >= 0.3 is 0 Å². The first-order valence-electron chi connectivity index (χ1n) is 6.95. The molecule has 2 amide bonds. The lowest BCUT2D eigenvalue weighted by Gasteiger charge is -2.07. The molecule has 4 nitrogen and oxygen atoms in total. The number of carbonyl (C=O) groups is 2. The Bertz CT molecular complexity index is 669. The second kappa shape index (κ2) is 7.61. The summed E-state index contributed by atoms with van der Waals surface area (Å²) in [5.41, 5.74) is 2.18. The van der Waals surface area contributed by atoms with E-state index in [1.54, 1.807) is 31.3 Å². The van der Waals surface area contributed by atoms with Crippen LogP contribution < -0.4 is 10.6 Å². The van der Waals surface area contributed by atoms with Crippen LogP contribution in [0.5, 0.6) is 0 Å². The highest BCUT2D eigenvalue weighted by Gasteiger charge is 2.07. The Hall–Kier alpha value is -2.33. The number of aryl methyl sites for hydroxylation is 1. The van der Waals surface area contributed by atoms with Crippen molar-refractivity contribution in [3.63, 3.8) is 0 Å². The number of rotatable bonds is 5. The summed E-state index contributed by atoms with van der Waals surface area (Å²) in [7, 11) is 1.57. The molecule has 0 fully saturated rings. The fourth-order valence-corrected chi connectivity index (χ4v) is 2.14. The number of hydrogen-bond acceptors (Lipinski definition) is 2. The van der Waals surface area contributed by atoms with E-state index in [-0.39, 0.29) is 11.8 Å². The molecule has 0 saturated heterocycles. The van der Waals surface area contributed by atoms with Crippen LogP contribution in [0.15, 0.2) is 48.5 Å². The molecule has 5 heteroatoms. The summed E-state index contributed by atoms with van der Waals surface area (Å²) >= 11 is 5.82. The van der Waals surface area contributed by atoms with Gasteiger partial charge in [-0.25, -0.2) is 0 Å². The van der Waals surface area contributed by atoms with Crippen molar-refractivity contribution in [3.8, 4) is 0 Å². The average molecular weight is 317 g/mol. The van der Waals surface area contributed by atoms with Crippen molar-refractivity contribution in [1.82, 2.24) is 5.32 Å². The molecule has 0 saturated carbocycles. The molecule has 0 atom stereocenters. The zero-order valence-electron chi connectivity index (χ0n) is 12.2. The quantitative estimate of drug-likeness (QED) is 0.889. The molecule has 114 valence electrons. The smallest absolute Gasteiger partial charge is 0.251 e. The van der Waals surface area contributed by atoms with Gasteiger partial charge in [0, 0.05) is 29.7 Å². The first-order valence-corrected chi connectivity index (χ1v) is 7.33. The van der Waals surface area contributed by atoms with Crippen LogP contribution in [-0.4, -0.2) is 18.9 Å². The number of halogens is 1. The van der Waals surface area contributed by atoms with Crippen LogP contribution in [-0.2, 0) is 11.2 Å². The third kappa shape index (κ3) is 4.60. The normalized spacial score (nSPS) is 10.1. The molecule has 2 aromatic rings. The third-order valence-corrected chi connectivity index (χ3v) is 3.44. The maximum atomic E-state index is 12.0. The van der Waals surface area contributed by atoms with E-state index in [0.717, 1.165) is 5.56 Å². The Morgan fingerprint density at radius 3 is 2.50 bits per heavy atom. The van der Waals surface area contributed by atoms with Crippen LogP contribution in [0.2, 0.25) is 5.02 Å². The van der Waals surface area contributed by atoms with Crippen LogP contribution in [0.4, 0.5) is 5.69 Å². The zero-order chi connectivity index (χ0) is 15.9. The summed E-state index contributed by atoms with van der Waals surface area (Å²) in [6.07, 6.45) is 1.00. The van der Waals surface area contributed by atoms with Gasteiger partial charge in [0.15, 0.2) is 0 Å². The molecule has 0 bridgehead atoms. The van der Waals surface area contributed by atoms with Gasteiger partial charge in [-0.1, -0.05) is 29.8 Å². The van der Waals surface area contributed by atoms with Gasteiger partial charge in [-0.2, -0.15) is 0 Å². The second-order valence-corrected chi connectivity index (χ2v) is 5.27. The summed E-state index contributed by atoms with van der Waals surface area (Å²) in [5, 5.41) is 6.03. The highest BCUT2D eigenvalue weighted by atomic mass is 35.5. The minimum atomic E-state index is -0.183. The van der Waals surface area contributed by atoms with Crippen molar-refractivity contribution in [2.24, 2.45) is 0 Å². The van der Waals surface area contributed by atoms with E-state index in [1.165, 1.54) is 0 Å². The van der Waals surface area contributed by atoms with Crippen LogP contribution in [0.3, 0.4) is 0 Å². The van der Waals surface area contributed by atoms with E-state index in [1.807, 2.05) is 24.3 Å². The van der Waals surface area contributed by atoms with E-state index in [4.69, 9.17) is 11.6 Å². The molecule has 0 aliphatic heterocycles. The lowest BCUT2D eigenvalue weighted by atomic mass is 10.1.